The first-order valence-electron chi connectivity index (χ1n) is 7.08. The zero-order valence-electron chi connectivity index (χ0n) is 11.6. The summed E-state index contributed by atoms with van der Waals surface area (Å²) in [5.41, 5.74) is 1.28. The van der Waals surface area contributed by atoms with Gasteiger partial charge in [0.05, 0.1) is 6.26 Å². The standard InChI is InChI=1S/C15H24BrNO/c1-4-17-14(13-5-6-18-15(13)16)12-8-10(2)7-11(3)9-12/h5-6,10-12,14,17H,4,7-9H2,1-3H3. The largest absolute Gasteiger partial charge is 0.457 e. The number of furan rings is 1. The highest BCUT2D eigenvalue weighted by Crippen LogP contribution is 2.41. The Morgan fingerprint density at radius 3 is 2.50 bits per heavy atom. The molecule has 1 aliphatic rings. The third-order valence-corrected chi connectivity index (χ3v) is 4.74. The Labute approximate surface area is 119 Å². The summed E-state index contributed by atoms with van der Waals surface area (Å²) >= 11 is 3.53. The minimum atomic E-state index is 0.424. The van der Waals surface area contributed by atoms with E-state index < -0.39 is 0 Å². The Balaban J connectivity index is 2.17. The van der Waals surface area contributed by atoms with Crippen LogP contribution < -0.4 is 5.32 Å². The second kappa shape index (κ2) is 6.25. The van der Waals surface area contributed by atoms with E-state index in [1.165, 1.54) is 24.8 Å². The molecule has 102 valence electrons. The van der Waals surface area contributed by atoms with Gasteiger partial charge in [-0.3, -0.25) is 0 Å². The van der Waals surface area contributed by atoms with Gasteiger partial charge in [0.25, 0.3) is 0 Å². The zero-order chi connectivity index (χ0) is 13.1. The van der Waals surface area contributed by atoms with Crippen molar-refractivity contribution in [1.29, 1.82) is 0 Å². The van der Waals surface area contributed by atoms with Gasteiger partial charge in [0.1, 0.15) is 0 Å². The number of nitrogens with one attached hydrogen (secondary N) is 1. The summed E-state index contributed by atoms with van der Waals surface area (Å²) in [7, 11) is 0. The van der Waals surface area contributed by atoms with Crippen molar-refractivity contribution >= 4 is 15.9 Å². The van der Waals surface area contributed by atoms with Crippen LogP contribution in [-0.2, 0) is 0 Å². The van der Waals surface area contributed by atoms with E-state index in [4.69, 9.17) is 4.42 Å². The van der Waals surface area contributed by atoms with Crippen molar-refractivity contribution in [3.05, 3.63) is 22.6 Å². The SMILES string of the molecule is CCNC(c1ccoc1Br)C1CC(C)CC(C)C1. The highest BCUT2D eigenvalue weighted by atomic mass is 79.9. The van der Waals surface area contributed by atoms with Crippen molar-refractivity contribution in [2.24, 2.45) is 17.8 Å². The fourth-order valence-corrected chi connectivity index (χ4v) is 4.05. The molecular formula is C15H24BrNO. The van der Waals surface area contributed by atoms with Gasteiger partial charge in [0.15, 0.2) is 4.67 Å². The van der Waals surface area contributed by atoms with E-state index in [1.807, 2.05) is 0 Å². The van der Waals surface area contributed by atoms with Crippen molar-refractivity contribution in [1.82, 2.24) is 5.32 Å². The second-order valence-corrected chi connectivity index (χ2v) is 6.58. The van der Waals surface area contributed by atoms with Gasteiger partial charge < -0.3 is 9.73 Å². The molecule has 1 saturated carbocycles. The molecule has 18 heavy (non-hydrogen) atoms. The van der Waals surface area contributed by atoms with E-state index in [2.05, 4.69) is 48.1 Å². The molecule has 1 heterocycles. The summed E-state index contributed by atoms with van der Waals surface area (Å²) in [5.74, 6) is 2.40. The van der Waals surface area contributed by atoms with E-state index in [-0.39, 0.29) is 0 Å². The normalized spacial score (nSPS) is 30.3. The van der Waals surface area contributed by atoms with Gasteiger partial charge in [0.2, 0.25) is 0 Å². The van der Waals surface area contributed by atoms with Gasteiger partial charge in [-0.05, 0) is 65.6 Å². The summed E-state index contributed by atoms with van der Waals surface area (Å²) in [5, 5.41) is 3.65. The van der Waals surface area contributed by atoms with Crippen LogP contribution in [0.4, 0.5) is 0 Å². The molecular weight excluding hydrogens is 290 g/mol. The van der Waals surface area contributed by atoms with Gasteiger partial charge in [-0.15, -0.1) is 0 Å². The monoisotopic (exact) mass is 313 g/mol. The molecule has 2 nitrogen and oxygen atoms in total. The molecule has 0 saturated heterocycles. The van der Waals surface area contributed by atoms with Crippen LogP contribution in [0.1, 0.15) is 51.6 Å². The molecule has 0 aliphatic heterocycles. The molecule has 0 bridgehead atoms. The van der Waals surface area contributed by atoms with E-state index in [0.717, 1.165) is 29.0 Å². The van der Waals surface area contributed by atoms with Crippen LogP contribution in [0.15, 0.2) is 21.4 Å². The van der Waals surface area contributed by atoms with Crippen LogP contribution >= 0.6 is 15.9 Å². The lowest BCUT2D eigenvalue weighted by atomic mass is 9.72. The van der Waals surface area contributed by atoms with Crippen LogP contribution in [0.5, 0.6) is 0 Å². The first kappa shape index (κ1) is 14.1. The molecule has 1 aromatic rings. The van der Waals surface area contributed by atoms with E-state index >= 15 is 0 Å². The fourth-order valence-electron chi connectivity index (χ4n) is 3.56. The number of halogens is 1. The van der Waals surface area contributed by atoms with Crippen LogP contribution in [0.25, 0.3) is 0 Å². The summed E-state index contributed by atoms with van der Waals surface area (Å²) in [6, 6.07) is 2.52. The molecule has 3 heteroatoms. The van der Waals surface area contributed by atoms with Gasteiger partial charge in [-0.2, -0.15) is 0 Å². The van der Waals surface area contributed by atoms with Gasteiger partial charge in [-0.25, -0.2) is 0 Å². The molecule has 2 rings (SSSR count). The number of hydrogen-bond acceptors (Lipinski definition) is 2. The molecule has 0 amide bonds. The van der Waals surface area contributed by atoms with Gasteiger partial charge in [-0.1, -0.05) is 20.8 Å². The Bertz CT molecular complexity index is 366. The van der Waals surface area contributed by atoms with Crippen LogP contribution in [0, 0.1) is 17.8 Å². The smallest absolute Gasteiger partial charge is 0.173 e. The topological polar surface area (TPSA) is 25.2 Å². The third-order valence-electron chi connectivity index (χ3n) is 4.09. The fraction of sp³-hybridized carbons (Fsp3) is 0.733. The first-order valence-corrected chi connectivity index (χ1v) is 7.87. The van der Waals surface area contributed by atoms with Crippen molar-refractivity contribution in [2.45, 2.75) is 46.1 Å². The van der Waals surface area contributed by atoms with Crippen molar-refractivity contribution < 1.29 is 4.42 Å². The lowest BCUT2D eigenvalue weighted by Crippen LogP contribution is -2.33. The van der Waals surface area contributed by atoms with Crippen LogP contribution in [0.3, 0.4) is 0 Å². The Hall–Kier alpha value is -0.280. The minimum absolute atomic E-state index is 0.424. The molecule has 1 fully saturated rings. The average molecular weight is 314 g/mol. The van der Waals surface area contributed by atoms with Crippen molar-refractivity contribution in [3.8, 4) is 0 Å². The predicted octanol–water partition coefficient (Wildman–Crippen LogP) is 4.77. The lowest BCUT2D eigenvalue weighted by Gasteiger charge is -2.36. The van der Waals surface area contributed by atoms with Gasteiger partial charge in [0, 0.05) is 11.6 Å². The van der Waals surface area contributed by atoms with Crippen molar-refractivity contribution in [2.75, 3.05) is 6.54 Å². The maximum atomic E-state index is 5.41. The molecule has 0 radical (unpaired) electrons. The lowest BCUT2D eigenvalue weighted by molar-refractivity contribution is 0.176. The summed E-state index contributed by atoms with van der Waals surface area (Å²) in [4.78, 5) is 0. The molecule has 1 aliphatic carbocycles. The molecule has 3 atom stereocenters. The summed E-state index contributed by atoms with van der Waals surface area (Å²) in [6.07, 6.45) is 5.79. The van der Waals surface area contributed by atoms with E-state index in [0.29, 0.717) is 6.04 Å². The zero-order valence-corrected chi connectivity index (χ0v) is 13.2. The summed E-state index contributed by atoms with van der Waals surface area (Å²) in [6.45, 7) is 7.95. The van der Waals surface area contributed by atoms with Crippen LogP contribution in [0.2, 0.25) is 0 Å². The molecule has 1 aromatic heterocycles. The van der Waals surface area contributed by atoms with Crippen molar-refractivity contribution in [3.63, 3.8) is 0 Å². The highest BCUT2D eigenvalue weighted by Gasteiger charge is 2.32. The first-order chi connectivity index (χ1) is 8.61. The third kappa shape index (κ3) is 3.18. The minimum Gasteiger partial charge on any atom is -0.457 e. The summed E-state index contributed by atoms with van der Waals surface area (Å²) < 4.78 is 6.30. The Morgan fingerprint density at radius 1 is 1.33 bits per heavy atom. The maximum absolute atomic E-state index is 5.41. The quantitative estimate of drug-likeness (QED) is 0.866. The number of rotatable bonds is 4. The molecule has 3 unspecified atom stereocenters. The number of hydrogen-bond donors (Lipinski definition) is 1. The average Bonchev–Trinajstić information content (AvgIpc) is 2.71. The predicted molar refractivity (Wildman–Crippen MR) is 78.5 cm³/mol. The van der Waals surface area contributed by atoms with Crippen LogP contribution in [-0.4, -0.2) is 6.54 Å². The van der Waals surface area contributed by atoms with E-state index in [9.17, 15) is 0 Å². The molecule has 0 aromatic carbocycles. The Kier molecular flexibility index (Phi) is 4.91. The molecule has 1 N–H and O–H groups in total. The Morgan fingerprint density at radius 2 is 2.00 bits per heavy atom. The van der Waals surface area contributed by atoms with Gasteiger partial charge >= 0.3 is 0 Å². The highest BCUT2D eigenvalue weighted by molar-refractivity contribution is 9.10. The van der Waals surface area contributed by atoms with E-state index in [1.54, 1.807) is 6.26 Å². The maximum Gasteiger partial charge on any atom is 0.173 e. The second-order valence-electron chi connectivity index (χ2n) is 5.86. The molecule has 0 spiro atoms.